The molecule has 20 heavy (non-hydrogen) atoms. The van der Waals surface area contributed by atoms with Gasteiger partial charge in [-0.1, -0.05) is 26.2 Å². The van der Waals surface area contributed by atoms with Crippen molar-refractivity contribution in [2.24, 2.45) is 4.99 Å². The third-order valence-corrected chi connectivity index (χ3v) is 3.45. The monoisotopic (exact) mass is 284 g/mol. The number of aliphatic imine (C=N–C) groups is 1. The first kappa shape index (κ1) is 17.2. The zero-order valence-electron chi connectivity index (χ0n) is 13.3. The second kappa shape index (κ2) is 12.0. The van der Waals surface area contributed by atoms with E-state index < -0.39 is 0 Å². The van der Waals surface area contributed by atoms with Gasteiger partial charge in [0.25, 0.3) is 0 Å². The molecule has 5 heteroatoms. The number of morpholine rings is 1. The first-order chi connectivity index (χ1) is 9.86. The maximum atomic E-state index is 5.35. The van der Waals surface area contributed by atoms with Crippen LogP contribution in [-0.4, -0.2) is 63.3 Å². The third kappa shape index (κ3) is 8.38. The molecule has 118 valence electrons. The molecule has 0 unspecified atom stereocenters. The quantitative estimate of drug-likeness (QED) is 0.382. The van der Waals surface area contributed by atoms with Crippen molar-refractivity contribution in [3.63, 3.8) is 0 Å². The van der Waals surface area contributed by atoms with Crippen LogP contribution in [0.15, 0.2) is 4.99 Å². The number of hydrogen-bond donors (Lipinski definition) is 2. The fourth-order valence-corrected chi connectivity index (χ4v) is 2.23. The lowest BCUT2D eigenvalue weighted by atomic mass is 10.2. The van der Waals surface area contributed by atoms with E-state index in [0.29, 0.717) is 0 Å². The molecule has 1 fully saturated rings. The minimum atomic E-state index is 0.867. The number of guanidine groups is 1. The van der Waals surface area contributed by atoms with E-state index in [1.807, 2.05) is 0 Å². The second-order valence-corrected chi connectivity index (χ2v) is 5.20. The van der Waals surface area contributed by atoms with Gasteiger partial charge >= 0.3 is 0 Å². The smallest absolute Gasteiger partial charge is 0.191 e. The van der Waals surface area contributed by atoms with E-state index in [-0.39, 0.29) is 0 Å². The average molecular weight is 284 g/mol. The molecule has 1 rings (SSSR count). The van der Waals surface area contributed by atoms with Crippen LogP contribution in [-0.2, 0) is 4.74 Å². The fraction of sp³-hybridized carbons (Fsp3) is 0.933. The van der Waals surface area contributed by atoms with Gasteiger partial charge in [-0.05, 0) is 13.3 Å². The van der Waals surface area contributed by atoms with Gasteiger partial charge in [0.2, 0.25) is 0 Å². The van der Waals surface area contributed by atoms with Crippen LogP contribution in [0.2, 0.25) is 0 Å². The largest absolute Gasteiger partial charge is 0.379 e. The zero-order valence-corrected chi connectivity index (χ0v) is 13.3. The summed E-state index contributed by atoms with van der Waals surface area (Å²) in [5.41, 5.74) is 0. The highest BCUT2D eigenvalue weighted by atomic mass is 16.5. The number of unbranched alkanes of at least 4 members (excludes halogenated alkanes) is 3. The van der Waals surface area contributed by atoms with E-state index in [1.165, 1.54) is 25.7 Å². The van der Waals surface area contributed by atoms with Gasteiger partial charge in [0.05, 0.1) is 13.2 Å². The summed E-state index contributed by atoms with van der Waals surface area (Å²) in [7, 11) is 0. The van der Waals surface area contributed by atoms with Gasteiger partial charge in [0.1, 0.15) is 0 Å². The molecule has 1 aliphatic heterocycles. The standard InChI is InChI=1S/C15H32N4O/c1-3-5-6-7-8-17-15(16-4-2)18-9-10-19-11-13-20-14-12-19/h3-14H2,1-2H3,(H2,16,17,18). The van der Waals surface area contributed by atoms with Crippen LogP contribution in [0, 0.1) is 0 Å². The molecular formula is C15H32N4O. The molecule has 0 aromatic rings. The van der Waals surface area contributed by atoms with Gasteiger partial charge in [-0.3, -0.25) is 9.89 Å². The Bertz CT molecular complexity index is 252. The molecule has 0 bridgehead atoms. The van der Waals surface area contributed by atoms with Gasteiger partial charge in [-0.25, -0.2) is 0 Å². The Kier molecular flexibility index (Phi) is 10.3. The predicted octanol–water partition coefficient (Wildman–Crippen LogP) is 1.45. The van der Waals surface area contributed by atoms with Crippen LogP contribution in [0.5, 0.6) is 0 Å². The molecule has 0 radical (unpaired) electrons. The molecule has 1 heterocycles. The fourth-order valence-electron chi connectivity index (χ4n) is 2.23. The van der Waals surface area contributed by atoms with E-state index >= 15 is 0 Å². The summed E-state index contributed by atoms with van der Waals surface area (Å²) in [5, 5.41) is 6.72. The normalized spacial score (nSPS) is 17.2. The first-order valence-corrected chi connectivity index (χ1v) is 8.19. The zero-order chi connectivity index (χ0) is 14.5. The van der Waals surface area contributed by atoms with Gasteiger partial charge < -0.3 is 15.4 Å². The van der Waals surface area contributed by atoms with Crippen LogP contribution < -0.4 is 10.6 Å². The Morgan fingerprint density at radius 1 is 1.10 bits per heavy atom. The number of hydrogen-bond acceptors (Lipinski definition) is 3. The third-order valence-electron chi connectivity index (χ3n) is 3.45. The Morgan fingerprint density at radius 3 is 2.60 bits per heavy atom. The number of nitrogens with zero attached hydrogens (tertiary/aromatic N) is 2. The van der Waals surface area contributed by atoms with E-state index in [4.69, 9.17) is 4.74 Å². The highest BCUT2D eigenvalue weighted by Crippen LogP contribution is 1.98. The Balaban J connectivity index is 2.14. The highest BCUT2D eigenvalue weighted by Gasteiger charge is 2.09. The molecule has 1 saturated heterocycles. The lowest BCUT2D eigenvalue weighted by molar-refractivity contribution is 0.0389. The Morgan fingerprint density at radius 2 is 1.90 bits per heavy atom. The van der Waals surface area contributed by atoms with E-state index in [1.54, 1.807) is 0 Å². The molecule has 5 nitrogen and oxygen atoms in total. The maximum absolute atomic E-state index is 5.35. The molecule has 1 aliphatic rings. The van der Waals surface area contributed by atoms with Crippen molar-refractivity contribution < 1.29 is 4.74 Å². The molecule has 0 aromatic heterocycles. The van der Waals surface area contributed by atoms with Crippen molar-refractivity contribution in [2.45, 2.75) is 39.5 Å². The van der Waals surface area contributed by atoms with Crippen molar-refractivity contribution >= 4 is 5.96 Å². The van der Waals surface area contributed by atoms with Crippen molar-refractivity contribution in [3.05, 3.63) is 0 Å². The van der Waals surface area contributed by atoms with Crippen molar-refractivity contribution in [2.75, 3.05) is 52.5 Å². The SMILES string of the molecule is CCCCCCN=C(NCC)NCCN1CCOCC1. The minimum Gasteiger partial charge on any atom is -0.379 e. The number of nitrogens with one attached hydrogen (secondary N) is 2. The summed E-state index contributed by atoms with van der Waals surface area (Å²) in [6.45, 7) is 12.0. The molecule has 0 aromatic carbocycles. The summed E-state index contributed by atoms with van der Waals surface area (Å²) in [6.07, 6.45) is 5.07. The lowest BCUT2D eigenvalue weighted by Crippen LogP contribution is -2.44. The van der Waals surface area contributed by atoms with E-state index in [9.17, 15) is 0 Å². The van der Waals surface area contributed by atoms with Crippen LogP contribution in [0.4, 0.5) is 0 Å². The van der Waals surface area contributed by atoms with Crippen molar-refractivity contribution in [1.29, 1.82) is 0 Å². The summed E-state index contributed by atoms with van der Waals surface area (Å²) in [4.78, 5) is 7.05. The number of rotatable bonds is 9. The van der Waals surface area contributed by atoms with Gasteiger partial charge in [-0.15, -0.1) is 0 Å². The van der Waals surface area contributed by atoms with Crippen LogP contribution >= 0.6 is 0 Å². The molecule has 0 aliphatic carbocycles. The van der Waals surface area contributed by atoms with Crippen LogP contribution in [0.25, 0.3) is 0 Å². The van der Waals surface area contributed by atoms with E-state index in [0.717, 1.165) is 58.4 Å². The van der Waals surface area contributed by atoms with E-state index in [2.05, 4.69) is 34.4 Å². The van der Waals surface area contributed by atoms with Gasteiger partial charge in [-0.2, -0.15) is 0 Å². The predicted molar refractivity (Wildman–Crippen MR) is 85.4 cm³/mol. The second-order valence-electron chi connectivity index (χ2n) is 5.20. The maximum Gasteiger partial charge on any atom is 0.191 e. The van der Waals surface area contributed by atoms with Gasteiger partial charge in [0.15, 0.2) is 5.96 Å². The van der Waals surface area contributed by atoms with Crippen LogP contribution in [0.3, 0.4) is 0 Å². The summed E-state index contributed by atoms with van der Waals surface area (Å²) < 4.78 is 5.35. The summed E-state index contributed by atoms with van der Waals surface area (Å²) in [5.74, 6) is 0.956. The molecule has 2 N–H and O–H groups in total. The highest BCUT2D eigenvalue weighted by molar-refractivity contribution is 5.79. The molecule has 0 atom stereocenters. The molecule has 0 saturated carbocycles. The summed E-state index contributed by atoms with van der Waals surface area (Å²) in [6, 6.07) is 0. The minimum absolute atomic E-state index is 0.867. The molecular weight excluding hydrogens is 252 g/mol. The Hall–Kier alpha value is -0.810. The van der Waals surface area contributed by atoms with Crippen molar-refractivity contribution in [3.8, 4) is 0 Å². The molecule has 0 spiro atoms. The van der Waals surface area contributed by atoms with Crippen molar-refractivity contribution in [1.82, 2.24) is 15.5 Å². The molecule has 0 amide bonds. The Labute approximate surface area is 124 Å². The van der Waals surface area contributed by atoms with Crippen LogP contribution in [0.1, 0.15) is 39.5 Å². The summed E-state index contributed by atoms with van der Waals surface area (Å²) >= 11 is 0. The number of ether oxygens (including phenoxy) is 1. The lowest BCUT2D eigenvalue weighted by Gasteiger charge is -2.26. The first-order valence-electron chi connectivity index (χ1n) is 8.19. The average Bonchev–Trinajstić information content (AvgIpc) is 2.48. The van der Waals surface area contributed by atoms with Gasteiger partial charge in [0, 0.05) is 39.3 Å². The topological polar surface area (TPSA) is 48.9 Å².